The Kier molecular flexibility index (Phi) is 16.5. The molecule has 0 heterocycles. The van der Waals surface area contributed by atoms with Gasteiger partial charge in [0.05, 0.1) is 0 Å². The molecule has 0 aliphatic heterocycles. The first-order valence-electron chi connectivity index (χ1n) is 1.33. The monoisotopic (exact) mass is 320 g/mol. The van der Waals surface area contributed by atoms with Crippen molar-refractivity contribution >= 4 is 20.8 Å². The first-order chi connectivity index (χ1) is 4.00. The molecule has 64 valence electrons. The van der Waals surface area contributed by atoms with Crippen LogP contribution in [0.5, 0.6) is 0 Å². The molecule has 0 N–H and O–H groups in total. The van der Waals surface area contributed by atoms with Crippen LogP contribution in [-0.2, 0) is 59.8 Å². The van der Waals surface area contributed by atoms with Crippen molar-refractivity contribution in [2.24, 2.45) is 0 Å². The van der Waals surface area contributed by atoms with E-state index >= 15 is 0 Å². The molecule has 0 fully saturated rings. The Morgan fingerprint density at radius 2 is 0.583 bits per heavy atom. The average molecular weight is 323 g/mol. The fraction of sp³-hybridized carbons (Fsp3) is 0. The molecule has 0 aromatic heterocycles. The summed E-state index contributed by atoms with van der Waals surface area (Å²) >= 11 is 0. The molecule has 0 saturated heterocycles. The summed E-state index contributed by atoms with van der Waals surface area (Å²) in [5, 5.41) is 0. The van der Waals surface area contributed by atoms with Gasteiger partial charge in [0.15, 0.2) is 0 Å². The second-order valence-corrected chi connectivity index (χ2v) is 2.45. The van der Waals surface area contributed by atoms with E-state index in [1.54, 1.807) is 0 Å². The molecule has 0 unspecified atom stereocenters. The van der Waals surface area contributed by atoms with E-state index < -0.39 is 20.8 Å². The van der Waals surface area contributed by atoms with E-state index in [2.05, 4.69) is 0 Å². The summed E-state index contributed by atoms with van der Waals surface area (Å²) < 4.78 is 68.2. The van der Waals surface area contributed by atoms with Crippen molar-refractivity contribution < 1.29 is 74.0 Å². The van der Waals surface area contributed by atoms with E-state index in [1.165, 1.54) is 0 Å². The molecule has 0 aliphatic rings. The molecule has 0 aromatic carbocycles. The van der Waals surface area contributed by atoms with Crippen molar-refractivity contribution in [3.05, 3.63) is 0 Å². The van der Waals surface area contributed by atoms with E-state index in [1.807, 2.05) is 0 Å². The van der Waals surface area contributed by atoms with Crippen LogP contribution in [0.1, 0.15) is 0 Å². The number of hydrogen-bond donors (Lipinski definition) is 0. The van der Waals surface area contributed by atoms with Gasteiger partial charge in [-0.1, -0.05) is 0 Å². The first kappa shape index (κ1) is 23.1. The maximum Gasteiger partial charge on any atom is 2.00 e. The molecule has 0 bridgehead atoms. The van der Waals surface area contributed by atoms with Crippen molar-refractivity contribution in [2.45, 2.75) is 0 Å². The second-order valence-electron chi connectivity index (χ2n) is 0.816. The van der Waals surface area contributed by atoms with Crippen LogP contribution in [0.3, 0.4) is 0 Å². The van der Waals surface area contributed by atoms with Gasteiger partial charge in [-0.15, -0.1) is 0 Å². The second kappa shape index (κ2) is 8.58. The zero-order valence-electron chi connectivity index (χ0n) is 5.50. The van der Waals surface area contributed by atoms with Crippen LogP contribution in [0.2, 0.25) is 0 Å². The van der Waals surface area contributed by atoms with Crippen molar-refractivity contribution in [1.29, 1.82) is 0 Å². The van der Waals surface area contributed by atoms with E-state index in [0.29, 0.717) is 0 Å². The molecule has 0 radical (unpaired) electrons. The first-order valence-corrected chi connectivity index (χ1v) is 4.00. The molecular formula is O8S2Zn2. The summed E-state index contributed by atoms with van der Waals surface area (Å²) in [6.45, 7) is 0. The normalized spacial score (nSPS) is 9.67. The van der Waals surface area contributed by atoms with Gasteiger partial charge in [0.1, 0.15) is 0 Å². The minimum Gasteiger partial charge on any atom is -0.759 e. The minimum absolute atomic E-state index is 0. The maximum atomic E-state index is 8.52. The summed E-state index contributed by atoms with van der Waals surface area (Å²) in [6, 6.07) is 0. The molecule has 0 aromatic rings. The summed E-state index contributed by atoms with van der Waals surface area (Å²) in [5.41, 5.74) is 0. The van der Waals surface area contributed by atoms with Gasteiger partial charge in [0.25, 0.3) is 0 Å². The van der Waals surface area contributed by atoms with Gasteiger partial charge in [-0.3, -0.25) is 16.8 Å². The van der Waals surface area contributed by atoms with Gasteiger partial charge in [0.2, 0.25) is 0 Å². The van der Waals surface area contributed by atoms with E-state index in [0.717, 1.165) is 0 Å². The molecule has 0 spiro atoms. The molecule has 12 heteroatoms. The summed E-state index contributed by atoms with van der Waals surface area (Å²) in [5.74, 6) is 0. The Balaban J connectivity index is -0.0000000457. The molecule has 0 saturated carbocycles. The van der Waals surface area contributed by atoms with Crippen LogP contribution in [0.15, 0.2) is 0 Å². The van der Waals surface area contributed by atoms with Crippen molar-refractivity contribution in [3.8, 4) is 0 Å². The Labute approximate surface area is 94.4 Å². The SMILES string of the molecule is O=S(=O)([O-])[O-].O=S(=O)([O-])[O-].[Zn+2].[Zn+2]. The largest absolute Gasteiger partial charge is 2.00 e. The molecule has 0 atom stereocenters. The molecular weight excluding hydrogens is 323 g/mol. The van der Waals surface area contributed by atoms with Crippen LogP contribution in [0, 0.1) is 0 Å². The van der Waals surface area contributed by atoms with E-state index in [4.69, 9.17) is 35.0 Å². The van der Waals surface area contributed by atoms with Crippen LogP contribution < -0.4 is 0 Å². The maximum absolute atomic E-state index is 8.52. The van der Waals surface area contributed by atoms with Gasteiger partial charge in [-0.2, -0.15) is 0 Å². The molecule has 0 aliphatic carbocycles. The van der Waals surface area contributed by atoms with Gasteiger partial charge >= 0.3 is 39.0 Å². The predicted molar refractivity (Wildman–Crippen MR) is 20.9 cm³/mol. The zero-order chi connectivity index (χ0) is 9.00. The Morgan fingerprint density at radius 1 is 0.583 bits per heavy atom. The van der Waals surface area contributed by atoms with Crippen LogP contribution in [0.25, 0.3) is 0 Å². The quantitative estimate of drug-likeness (QED) is 0.265. The smallest absolute Gasteiger partial charge is 0.759 e. The van der Waals surface area contributed by atoms with Crippen LogP contribution in [0.4, 0.5) is 0 Å². The Bertz CT molecular complexity index is 211. The summed E-state index contributed by atoms with van der Waals surface area (Å²) in [7, 11) is -10.3. The van der Waals surface area contributed by atoms with E-state index in [-0.39, 0.29) is 39.0 Å². The third kappa shape index (κ3) is 1130. The fourth-order valence-corrected chi connectivity index (χ4v) is 0. The standard InChI is InChI=1S/2H2O4S.2Zn/c2*1-5(2,3)4;;/h2*(H2,1,2,3,4);;/q;;2*+2/p-4. The fourth-order valence-electron chi connectivity index (χ4n) is 0. The van der Waals surface area contributed by atoms with Gasteiger partial charge in [0, 0.05) is 20.8 Å². The molecule has 8 nitrogen and oxygen atoms in total. The third-order valence-corrected chi connectivity index (χ3v) is 0. The third-order valence-electron chi connectivity index (χ3n) is 0. The summed E-state index contributed by atoms with van der Waals surface area (Å²) in [6.07, 6.45) is 0. The average Bonchev–Trinajstić information content (AvgIpc) is 1.12. The number of rotatable bonds is 0. The zero-order valence-corrected chi connectivity index (χ0v) is 13.1. The van der Waals surface area contributed by atoms with E-state index in [9.17, 15) is 0 Å². The van der Waals surface area contributed by atoms with Crippen LogP contribution in [-0.4, -0.2) is 35.0 Å². The van der Waals surface area contributed by atoms with Crippen molar-refractivity contribution in [3.63, 3.8) is 0 Å². The van der Waals surface area contributed by atoms with Crippen LogP contribution >= 0.6 is 0 Å². The minimum atomic E-state index is -5.17. The van der Waals surface area contributed by atoms with Crippen molar-refractivity contribution in [1.82, 2.24) is 0 Å². The molecule has 12 heavy (non-hydrogen) atoms. The van der Waals surface area contributed by atoms with Gasteiger partial charge in [-0.25, -0.2) is 0 Å². The molecule has 0 rings (SSSR count). The van der Waals surface area contributed by atoms with Crippen molar-refractivity contribution in [2.75, 3.05) is 0 Å². The Morgan fingerprint density at radius 3 is 0.583 bits per heavy atom. The van der Waals surface area contributed by atoms with Gasteiger partial charge in [-0.05, 0) is 0 Å². The number of hydrogen-bond acceptors (Lipinski definition) is 8. The summed E-state index contributed by atoms with van der Waals surface area (Å²) in [4.78, 5) is 0. The van der Waals surface area contributed by atoms with Gasteiger partial charge < -0.3 is 18.2 Å². The topological polar surface area (TPSA) is 161 Å². The Hall–Kier alpha value is 0.987. The molecule has 0 amide bonds. The predicted octanol–water partition coefficient (Wildman–Crippen LogP) is -2.68.